The fourth-order valence-corrected chi connectivity index (χ4v) is 4.63. The summed E-state index contributed by atoms with van der Waals surface area (Å²) in [6.07, 6.45) is 5.88. The SMILES string of the molecule is CC(c1cnnn1C1CC([C@@]2(c3ccccc3)C=C(C(N)=O)ON2)C1)S(C)(=O)=O. The maximum absolute atomic E-state index is 12.0. The van der Waals surface area contributed by atoms with Gasteiger partial charge in [-0.05, 0) is 37.3 Å². The first-order valence-corrected chi connectivity index (χ1v) is 11.3. The third-order valence-electron chi connectivity index (χ3n) is 5.95. The highest BCUT2D eigenvalue weighted by atomic mass is 32.2. The van der Waals surface area contributed by atoms with E-state index in [1.165, 1.54) is 12.5 Å². The predicted octanol–water partition coefficient (Wildman–Crippen LogP) is 1.13. The number of nitrogens with zero attached hydrogens (tertiary/aromatic N) is 3. The van der Waals surface area contributed by atoms with E-state index in [1.54, 1.807) is 17.7 Å². The predicted molar refractivity (Wildman–Crippen MR) is 105 cm³/mol. The van der Waals surface area contributed by atoms with Gasteiger partial charge >= 0.3 is 0 Å². The minimum Gasteiger partial charge on any atom is -0.402 e. The lowest BCUT2D eigenvalue weighted by atomic mass is 9.65. The van der Waals surface area contributed by atoms with Crippen LogP contribution in [0.1, 0.15) is 42.3 Å². The summed E-state index contributed by atoms with van der Waals surface area (Å²) >= 11 is 0. The molecule has 1 amide bonds. The number of sulfone groups is 1. The molecule has 9 nitrogen and oxygen atoms in total. The zero-order chi connectivity index (χ0) is 20.8. The van der Waals surface area contributed by atoms with E-state index in [-0.39, 0.29) is 17.7 Å². The van der Waals surface area contributed by atoms with Crippen LogP contribution in [0.5, 0.6) is 0 Å². The number of nitrogens with two attached hydrogens (primary N) is 1. The summed E-state index contributed by atoms with van der Waals surface area (Å²) in [6.45, 7) is 1.64. The van der Waals surface area contributed by atoms with Crippen LogP contribution >= 0.6 is 0 Å². The minimum absolute atomic E-state index is 0.00937. The zero-order valence-corrected chi connectivity index (χ0v) is 17.0. The third-order valence-corrected chi connectivity index (χ3v) is 7.47. The molecule has 2 heterocycles. The van der Waals surface area contributed by atoms with Crippen molar-refractivity contribution in [3.8, 4) is 0 Å². The Balaban J connectivity index is 1.61. The molecular weight excluding hydrogens is 394 g/mol. The van der Waals surface area contributed by atoms with Crippen LogP contribution in [0, 0.1) is 5.92 Å². The van der Waals surface area contributed by atoms with Crippen molar-refractivity contribution < 1.29 is 18.0 Å². The summed E-state index contributed by atoms with van der Waals surface area (Å²) in [4.78, 5) is 17.0. The normalized spacial score (nSPS) is 27.6. The lowest BCUT2D eigenvalue weighted by Crippen LogP contribution is -2.49. The number of nitrogens with one attached hydrogen (secondary N) is 1. The van der Waals surface area contributed by atoms with Crippen molar-refractivity contribution in [3.05, 3.63) is 59.6 Å². The van der Waals surface area contributed by atoms with Crippen LogP contribution in [-0.2, 0) is 25.0 Å². The number of hydroxylamine groups is 1. The van der Waals surface area contributed by atoms with Crippen LogP contribution in [-0.4, -0.2) is 35.6 Å². The standard InChI is InChI=1S/C19H23N5O4S/c1-12(29(2,26)27)16-11-21-23-24(16)15-8-14(9-15)19(13-6-4-3-5-7-13)10-17(18(20)25)28-22-19/h3-7,10-12,14-15,22H,8-9H2,1-2H3,(H2,20,25)/t12?,14?,15?,19-/m0/s1. The number of amides is 1. The highest BCUT2D eigenvalue weighted by Crippen LogP contribution is 2.51. The summed E-state index contributed by atoms with van der Waals surface area (Å²) < 4.78 is 25.7. The summed E-state index contributed by atoms with van der Waals surface area (Å²) in [5.74, 6) is -0.450. The van der Waals surface area contributed by atoms with E-state index in [2.05, 4.69) is 15.8 Å². The van der Waals surface area contributed by atoms with Crippen molar-refractivity contribution in [1.82, 2.24) is 20.5 Å². The van der Waals surface area contributed by atoms with Crippen molar-refractivity contribution in [1.29, 1.82) is 0 Å². The van der Waals surface area contributed by atoms with Crippen LogP contribution in [0.2, 0.25) is 0 Å². The van der Waals surface area contributed by atoms with E-state index in [4.69, 9.17) is 10.6 Å². The van der Waals surface area contributed by atoms with Gasteiger partial charge in [-0.15, -0.1) is 10.6 Å². The molecule has 1 aliphatic heterocycles. The Morgan fingerprint density at radius 3 is 2.62 bits per heavy atom. The fraction of sp³-hybridized carbons (Fsp3) is 0.421. The Hall–Kier alpha value is -2.72. The number of carbonyl (C=O) groups is 1. The smallest absolute Gasteiger partial charge is 0.286 e. The number of rotatable bonds is 6. The Morgan fingerprint density at radius 2 is 2.03 bits per heavy atom. The highest BCUT2D eigenvalue weighted by molar-refractivity contribution is 7.90. The minimum atomic E-state index is -3.26. The maximum Gasteiger partial charge on any atom is 0.286 e. The van der Waals surface area contributed by atoms with Crippen molar-refractivity contribution in [3.63, 3.8) is 0 Å². The third kappa shape index (κ3) is 3.32. The first-order valence-electron chi connectivity index (χ1n) is 9.33. The van der Waals surface area contributed by atoms with Crippen LogP contribution in [0.4, 0.5) is 0 Å². The molecule has 1 aliphatic carbocycles. The largest absolute Gasteiger partial charge is 0.402 e. The molecule has 0 saturated heterocycles. The van der Waals surface area contributed by atoms with Crippen molar-refractivity contribution in [2.75, 3.05) is 6.26 Å². The number of aromatic nitrogens is 3. The van der Waals surface area contributed by atoms with Crippen LogP contribution in [0.3, 0.4) is 0 Å². The molecule has 1 unspecified atom stereocenters. The first-order chi connectivity index (χ1) is 13.7. The van der Waals surface area contributed by atoms with Gasteiger partial charge in [0.15, 0.2) is 9.84 Å². The molecule has 154 valence electrons. The Bertz CT molecular complexity index is 1060. The van der Waals surface area contributed by atoms with Crippen LogP contribution in [0.25, 0.3) is 0 Å². The van der Waals surface area contributed by atoms with Gasteiger partial charge in [0, 0.05) is 6.26 Å². The zero-order valence-electron chi connectivity index (χ0n) is 16.1. The van der Waals surface area contributed by atoms with Gasteiger partial charge in [0.05, 0.1) is 17.9 Å². The van der Waals surface area contributed by atoms with E-state index in [9.17, 15) is 13.2 Å². The second-order valence-electron chi connectivity index (χ2n) is 7.71. The van der Waals surface area contributed by atoms with Crippen molar-refractivity contribution >= 4 is 15.7 Å². The Morgan fingerprint density at radius 1 is 1.34 bits per heavy atom. The van der Waals surface area contributed by atoms with E-state index in [1.807, 2.05) is 30.3 Å². The molecular formula is C19H23N5O4S. The summed E-state index contributed by atoms with van der Waals surface area (Å²) in [7, 11) is -3.26. The molecule has 1 fully saturated rings. The highest BCUT2D eigenvalue weighted by Gasteiger charge is 2.51. The number of benzene rings is 1. The summed E-state index contributed by atoms with van der Waals surface area (Å²) in [6, 6.07) is 9.72. The number of primary amides is 1. The van der Waals surface area contributed by atoms with Crippen LogP contribution < -0.4 is 11.2 Å². The van der Waals surface area contributed by atoms with Gasteiger partial charge in [-0.1, -0.05) is 35.5 Å². The van der Waals surface area contributed by atoms with E-state index in [0.717, 1.165) is 5.56 Å². The van der Waals surface area contributed by atoms with E-state index < -0.39 is 26.5 Å². The summed E-state index contributed by atoms with van der Waals surface area (Å²) in [5, 5.41) is 7.38. The first kappa shape index (κ1) is 19.6. The molecule has 0 bridgehead atoms. The molecule has 2 aliphatic rings. The van der Waals surface area contributed by atoms with Crippen molar-refractivity contribution in [2.45, 2.75) is 36.6 Å². The van der Waals surface area contributed by atoms with Gasteiger partial charge in [-0.25, -0.2) is 13.1 Å². The number of carbonyl (C=O) groups excluding carboxylic acids is 1. The molecule has 4 rings (SSSR count). The van der Waals surface area contributed by atoms with Gasteiger partial charge in [-0.2, -0.15) is 0 Å². The molecule has 1 aromatic heterocycles. The van der Waals surface area contributed by atoms with Gasteiger partial charge in [0.1, 0.15) is 10.8 Å². The van der Waals surface area contributed by atoms with Gasteiger partial charge < -0.3 is 10.6 Å². The van der Waals surface area contributed by atoms with Gasteiger partial charge in [-0.3, -0.25) is 4.79 Å². The van der Waals surface area contributed by atoms with E-state index >= 15 is 0 Å². The van der Waals surface area contributed by atoms with Gasteiger partial charge in [0.25, 0.3) is 5.91 Å². The number of hydrogen-bond acceptors (Lipinski definition) is 7. The second-order valence-corrected chi connectivity index (χ2v) is 10.1. The second kappa shape index (κ2) is 6.96. The summed E-state index contributed by atoms with van der Waals surface area (Å²) in [5.41, 5.74) is 9.27. The molecule has 0 spiro atoms. The average Bonchev–Trinajstić information content (AvgIpc) is 3.28. The quantitative estimate of drug-likeness (QED) is 0.721. The van der Waals surface area contributed by atoms with Crippen LogP contribution in [0.15, 0.2) is 48.4 Å². The molecule has 3 N–H and O–H groups in total. The molecule has 2 aromatic rings. The monoisotopic (exact) mass is 417 g/mol. The maximum atomic E-state index is 12.0. The lowest BCUT2D eigenvalue weighted by Gasteiger charge is -2.45. The number of hydrogen-bond donors (Lipinski definition) is 2. The Kier molecular flexibility index (Phi) is 4.70. The molecule has 0 radical (unpaired) electrons. The molecule has 10 heteroatoms. The Labute approximate surface area is 168 Å². The topological polar surface area (TPSA) is 129 Å². The molecule has 1 aromatic carbocycles. The molecule has 2 atom stereocenters. The molecule has 1 saturated carbocycles. The van der Waals surface area contributed by atoms with Crippen molar-refractivity contribution in [2.24, 2.45) is 11.7 Å². The van der Waals surface area contributed by atoms with E-state index in [0.29, 0.717) is 18.5 Å². The molecule has 29 heavy (non-hydrogen) atoms. The lowest BCUT2D eigenvalue weighted by molar-refractivity contribution is -0.119. The van der Waals surface area contributed by atoms with Gasteiger partial charge in [0.2, 0.25) is 5.76 Å². The average molecular weight is 417 g/mol. The fourth-order valence-electron chi connectivity index (χ4n) is 4.02.